The van der Waals surface area contributed by atoms with Crippen molar-refractivity contribution in [3.63, 3.8) is 0 Å². The van der Waals surface area contributed by atoms with Crippen molar-refractivity contribution >= 4 is 17.7 Å². The Morgan fingerprint density at radius 1 is 1.20 bits per heavy atom. The van der Waals surface area contributed by atoms with Gasteiger partial charge in [-0.15, -0.1) is 0 Å². The van der Waals surface area contributed by atoms with E-state index in [-0.39, 0.29) is 24.3 Å². The minimum atomic E-state index is -1.20. The zero-order valence-electron chi connectivity index (χ0n) is 24.1. The highest BCUT2D eigenvalue weighted by molar-refractivity contribution is 5.88. The van der Waals surface area contributed by atoms with E-state index >= 15 is 0 Å². The van der Waals surface area contributed by atoms with Gasteiger partial charge in [0.25, 0.3) is 0 Å². The molecule has 0 aliphatic carbocycles. The molecule has 0 bridgehead atoms. The van der Waals surface area contributed by atoms with Crippen LogP contribution >= 0.6 is 0 Å². The number of aliphatic carboxylic acids is 1. The molecule has 41 heavy (non-hydrogen) atoms. The Kier molecular flexibility index (Phi) is 12.7. The van der Waals surface area contributed by atoms with Gasteiger partial charge in [0.2, 0.25) is 5.91 Å². The molecule has 2 aromatic rings. The number of rotatable bonds is 17. The second-order valence-corrected chi connectivity index (χ2v) is 10.4. The molecule has 2 heterocycles. The second kappa shape index (κ2) is 16.2. The first kappa shape index (κ1) is 32.2. The number of alkyl halides is 1. The molecule has 3 rings (SSSR count). The third-order valence-electron chi connectivity index (χ3n) is 7.48. The van der Waals surface area contributed by atoms with Gasteiger partial charge in [-0.3, -0.25) is 4.79 Å². The number of nitrogens with one attached hydrogen (secondary N) is 2. The summed E-state index contributed by atoms with van der Waals surface area (Å²) in [6.07, 6.45) is 4.04. The largest absolute Gasteiger partial charge is 0.496 e. The molecular weight excluding hydrogens is 534 g/mol. The first-order valence-corrected chi connectivity index (χ1v) is 14.2. The van der Waals surface area contributed by atoms with E-state index in [0.717, 1.165) is 50.2 Å². The summed E-state index contributed by atoms with van der Waals surface area (Å²) in [6, 6.07) is 7.23. The molecule has 0 saturated heterocycles. The Hall–Kier alpha value is -3.31. The quantitative estimate of drug-likeness (QED) is 0.243. The number of pyridine rings is 1. The fourth-order valence-corrected chi connectivity index (χ4v) is 5.03. The Bertz CT molecular complexity index is 1150. The predicted molar refractivity (Wildman–Crippen MR) is 153 cm³/mol. The molecule has 1 amide bonds. The zero-order chi connectivity index (χ0) is 29.8. The summed E-state index contributed by atoms with van der Waals surface area (Å²) < 4.78 is 38.4. The average molecular weight is 577 g/mol. The van der Waals surface area contributed by atoms with Crippen molar-refractivity contribution in [2.24, 2.45) is 0 Å². The van der Waals surface area contributed by atoms with Gasteiger partial charge in [0.1, 0.15) is 30.1 Å². The smallest absolute Gasteiger partial charge is 0.326 e. The van der Waals surface area contributed by atoms with Crippen molar-refractivity contribution in [2.45, 2.75) is 63.5 Å². The van der Waals surface area contributed by atoms with Crippen LogP contribution in [0, 0.1) is 5.82 Å². The minimum Gasteiger partial charge on any atom is -0.496 e. The van der Waals surface area contributed by atoms with Crippen molar-refractivity contribution in [2.75, 3.05) is 52.4 Å². The second-order valence-electron chi connectivity index (χ2n) is 10.4. The van der Waals surface area contributed by atoms with E-state index in [9.17, 15) is 23.5 Å². The van der Waals surface area contributed by atoms with Crippen LogP contribution in [0.2, 0.25) is 0 Å². The number of amides is 1. The number of carbonyl (C=O) groups is 2. The zero-order valence-corrected chi connectivity index (χ0v) is 24.1. The number of aromatic nitrogens is 1. The SMILES string of the molecule is COc1cccc(F)c1[C@H](C)C(=O)N[C@@H](CCN(CCCCc1ccc2c(n1)NCCC2)C[C@@H](CF)OC)C(=O)O. The molecule has 9 nitrogen and oxygen atoms in total. The number of halogens is 2. The fraction of sp³-hybridized carbons (Fsp3) is 0.567. The highest BCUT2D eigenvalue weighted by atomic mass is 19.1. The third kappa shape index (κ3) is 9.36. The topological polar surface area (TPSA) is 113 Å². The molecule has 0 spiro atoms. The van der Waals surface area contributed by atoms with Gasteiger partial charge in [0.15, 0.2) is 0 Å². The lowest BCUT2D eigenvalue weighted by atomic mass is 9.98. The van der Waals surface area contributed by atoms with Gasteiger partial charge in [-0.25, -0.2) is 18.6 Å². The van der Waals surface area contributed by atoms with E-state index < -0.39 is 42.4 Å². The number of carboxylic acids is 1. The van der Waals surface area contributed by atoms with Crippen LogP contribution in [0.5, 0.6) is 5.75 Å². The van der Waals surface area contributed by atoms with Crippen LogP contribution in [-0.4, -0.2) is 86.1 Å². The van der Waals surface area contributed by atoms with E-state index in [4.69, 9.17) is 14.5 Å². The molecule has 1 aromatic carbocycles. The van der Waals surface area contributed by atoms with Gasteiger partial charge in [-0.05, 0) is 75.8 Å². The number of nitrogens with zero attached hydrogens (tertiary/aromatic N) is 2. The molecular formula is C30H42F2N4O5. The van der Waals surface area contributed by atoms with Gasteiger partial charge >= 0.3 is 5.97 Å². The Morgan fingerprint density at radius 2 is 2.00 bits per heavy atom. The summed E-state index contributed by atoms with van der Waals surface area (Å²) >= 11 is 0. The summed E-state index contributed by atoms with van der Waals surface area (Å²) in [7, 11) is 2.82. The predicted octanol–water partition coefficient (Wildman–Crippen LogP) is 3.96. The Labute approximate surface area is 240 Å². The molecule has 0 unspecified atom stereocenters. The number of carboxylic acid groups (broad SMARTS) is 1. The van der Waals surface area contributed by atoms with Crippen LogP contribution in [0.25, 0.3) is 0 Å². The van der Waals surface area contributed by atoms with Crippen molar-refractivity contribution in [1.82, 2.24) is 15.2 Å². The number of benzene rings is 1. The van der Waals surface area contributed by atoms with Crippen LogP contribution in [0.15, 0.2) is 30.3 Å². The summed E-state index contributed by atoms with van der Waals surface area (Å²) in [4.78, 5) is 31.7. The van der Waals surface area contributed by atoms with E-state index in [1.54, 1.807) is 6.07 Å². The monoisotopic (exact) mass is 576 g/mol. The maximum absolute atomic E-state index is 14.5. The number of methoxy groups -OCH3 is 2. The van der Waals surface area contributed by atoms with Gasteiger partial charge in [0.05, 0.1) is 19.1 Å². The molecule has 0 saturated carbocycles. The Morgan fingerprint density at radius 3 is 2.71 bits per heavy atom. The summed E-state index contributed by atoms with van der Waals surface area (Å²) in [5.41, 5.74) is 2.32. The first-order chi connectivity index (χ1) is 19.8. The number of hydrogen-bond acceptors (Lipinski definition) is 7. The van der Waals surface area contributed by atoms with E-state index in [1.807, 2.05) is 4.90 Å². The number of unbranched alkanes of at least 4 members (excludes halogenated alkanes) is 1. The van der Waals surface area contributed by atoms with E-state index in [1.165, 1.54) is 38.8 Å². The highest BCUT2D eigenvalue weighted by Crippen LogP contribution is 2.29. The average Bonchev–Trinajstić information content (AvgIpc) is 2.98. The van der Waals surface area contributed by atoms with Crippen LogP contribution in [-0.2, 0) is 27.2 Å². The molecule has 3 atom stereocenters. The first-order valence-electron chi connectivity index (χ1n) is 14.2. The van der Waals surface area contributed by atoms with Crippen molar-refractivity contribution in [3.05, 3.63) is 53.0 Å². The number of aryl methyl sites for hydroxylation is 2. The standard InChI is InChI=1S/C30H42F2N4O5/c1-20(27-24(32)10-6-11-26(27)41-3)29(37)35-25(30(38)39)14-17-36(19-23(18-31)40-2)16-5-4-9-22-13-12-21-8-7-15-33-28(21)34-22/h6,10-13,20,23,25H,4-5,7-9,14-19H2,1-3H3,(H,33,34)(H,35,37)(H,38,39)/t20-,23+,25-/m0/s1. The lowest BCUT2D eigenvalue weighted by Crippen LogP contribution is -2.45. The van der Waals surface area contributed by atoms with Crippen molar-refractivity contribution < 1.29 is 33.0 Å². The summed E-state index contributed by atoms with van der Waals surface area (Å²) in [6.45, 7) is 2.96. The lowest BCUT2D eigenvalue weighted by Gasteiger charge is -2.27. The maximum atomic E-state index is 14.5. The summed E-state index contributed by atoms with van der Waals surface area (Å²) in [5.74, 6) is -2.23. The number of carbonyl (C=O) groups excluding carboxylic acids is 1. The van der Waals surface area contributed by atoms with Crippen LogP contribution in [0.1, 0.15) is 55.3 Å². The number of hydrogen-bond donors (Lipinski definition) is 3. The highest BCUT2D eigenvalue weighted by Gasteiger charge is 2.28. The van der Waals surface area contributed by atoms with Crippen LogP contribution < -0.4 is 15.4 Å². The maximum Gasteiger partial charge on any atom is 0.326 e. The lowest BCUT2D eigenvalue weighted by molar-refractivity contribution is -0.142. The van der Waals surface area contributed by atoms with Crippen molar-refractivity contribution in [1.29, 1.82) is 0 Å². The fourth-order valence-electron chi connectivity index (χ4n) is 5.03. The molecule has 1 aliphatic rings. The number of ether oxygens (including phenoxy) is 2. The van der Waals surface area contributed by atoms with Gasteiger partial charge in [-0.1, -0.05) is 12.1 Å². The molecule has 0 radical (unpaired) electrons. The van der Waals surface area contributed by atoms with Gasteiger partial charge in [0, 0.05) is 38.0 Å². The molecule has 1 aliphatic heterocycles. The van der Waals surface area contributed by atoms with E-state index in [2.05, 4.69) is 22.8 Å². The normalized spacial score (nSPS) is 15.0. The molecule has 11 heteroatoms. The molecule has 3 N–H and O–H groups in total. The van der Waals surface area contributed by atoms with Gasteiger partial charge < -0.3 is 30.1 Å². The molecule has 226 valence electrons. The molecule has 0 fully saturated rings. The van der Waals surface area contributed by atoms with E-state index in [0.29, 0.717) is 13.1 Å². The summed E-state index contributed by atoms with van der Waals surface area (Å²) in [5, 5.41) is 15.7. The van der Waals surface area contributed by atoms with Crippen molar-refractivity contribution in [3.8, 4) is 5.75 Å². The van der Waals surface area contributed by atoms with Crippen LogP contribution in [0.3, 0.4) is 0 Å². The van der Waals surface area contributed by atoms with Crippen LogP contribution in [0.4, 0.5) is 14.6 Å². The van der Waals surface area contributed by atoms with Gasteiger partial charge in [-0.2, -0.15) is 0 Å². The minimum absolute atomic E-state index is 0.0633. The third-order valence-corrected chi connectivity index (χ3v) is 7.48. The number of fused-ring (bicyclic) bond motifs is 1. The number of anilines is 1. The molecule has 1 aromatic heterocycles. The Balaban J connectivity index is 1.57.